The Bertz CT molecular complexity index is 893. The lowest BCUT2D eigenvalue weighted by Crippen LogP contribution is -2.46. The van der Waals surface area contributed by atoms with Crippen LogP contribution in [0.4, 0.5) is 0 Å². The number of piperidine rings is 1. The van der Waals surface area contributed by atoms with Gasteiger partial charge in [-0.05, 0) is 45.7 Å². The van der Waals surface area contributed by atoms with Crippen molar-refractivity contribution in [3.8, 4) is 0 Å². The van der Waals surface area contributed by atoms with E-state index in [2.05, 4.69) is 10.5 Å². The zero-order valence-corrected chi connectivity index (χ0v) is 16.0. The molecule has 0 atom stereocenters. The van der Waals surface area contributed by atoms with Crippen LogP contribution in [0.25, 0.3) is 0 Å². The zero-order valence-electron chi connectivity index (χ0n) is 15.2. The molecule has 1 amide bonds. The summed E-state index contributed by atoms with van der Waals surface area (Å²) in [6, 6.07) is 7.36. The number of aryl methyl sites for hydroxylation is 3. The Labute approximate surface area is 153 Å². The smallest absolute Gasteiger partial charge is 0.251 e. The van der Waals surface area contributed by atoms with Crippen molar-refractivity contribution in [2.75, 3.05) is 13.1 Å². The number of carbonyl (C=O) groups excluding carboxylic acids is 1. The summed E-state index contributed by atoms with van der Waals surface area (Å²) < 4.78 is 32.1. The molecule has 0 bridgehead atoms. The van der Waals surface area contributed by atoms with Crippen LogP contribution < -0.4 is 5.32 Å². The van der Waals surface area contributed by atoms with Crippen molar-refractivity contribution >= 4 is 15.9 Å². The highest BCUT2D eigenvalue weighted by atomic mass is 32.2. The highest BCUT2D eigenvalue weighted by molar-refractivity contribution is 7.89. The second-order valence-electron chi connectivity index (χ2n) is 6.67. The van der Waals surface area contributed by atoms with Gasteiger partial charge in [-0.15, -0.1) is 0 Å². The summed E-state index contributed by atoms with van der Waals surface area (Å²) in [6.45, 7) is 5.87. The molecule has 0 unspecified atom stereocenters. The van der Waals surface area contributed by atoms with E-state index >= 15 is 0 Å². The van der Waals surface area contributed by atoms with Crippen molar-refractivity contribution in [2.45, 2.75) is 44.6 Å². The minimum Gasteiger partial charge on any atom is -0.360 e. The first kappa shape index (κ1) is 18.6. The molecule has 7 nitrogen and oxygen atoms in total. The van der Waals surface area contributed by atoms with Crippen LogP contribution in [-0.2, 0) is 10.0 Å². The molecule has 0 aliphatic carbocycles. The largest absolute Gasteiger partial charge is 0.360 e. The standard InChI is InChI=1S/C18H23N3O4S/c1-12-5-4-6-15(11-12)18(22)19-16-7-9-21(10-8-16)26(23,24)17-13(2)20-25-14(17)3/h4-6,11,16H,7-10H2,1-3H3,(H,19,22). The molecule has 26 heavy (non-hydrogen) atoms. The molecule has 2 aromatic rings. The number of rotatable bonds is 4. The van der Waals surface area contributed by atoms with Gasteiger partial charge in [0.15, 0.2) is 5.76 Å². The van der Waals surface area contributed by atoms with Crippen LogP contribution >= 0.6 is 0 Å². The van der Waals surface area contributed by atoms with Gasteiger partial charge in [-0.3, -0.25) is 4.79 Å². The molecule has 1 aliphatic rings. The van der Waals surface area contributed by atoms with Gasteiger partial charge in [-0.1, -0.05) is 22.9 Å². The number of nitrogens with one attached hydrogen (secondary N) is 1. The Balaban J connectivity index is 1.63. The fourth-order valence-electron chi connectivity index (χ4n) is 3.27. The minimum absolute atomic E-state index is 0.0425. The predicted molar refractivity (Wildman–Crippen MR) is 96.4 cm³/mol. The van der Waals surface area contributed by atoms with E-state index in [9.17, 15) is 13.2 Å². The third-order valence-corrected chi connectivity index (χ3v) is 6.78. The number of sulfonamides is 1. The summed E-state index contributed by atoms with van der Waals surface area (Å²) in [5.41, 5.74) is 2.02. The molecule has 8 heteroatoms. The Morgan fingerprint density at radius 1 is 1.23 bits per heavy atom. The lowest BCUT2D eigenvalue weighted by atomic mass is 10.1. The number of nitrogens with zero attached hydrogens (tertiary/aromatic N) is 2. The Morgan fingerprint density at radius 2 is 1.92 bits per heavy atom. The van der Waals surface area contributed by atoms with Gasteiger partial charge in [-0.2, -0.15) is 4.31 Å². The first-order valence-corrected chi connectivity index (χ1v) is 10.0. The molecule has 140 valence electrons. The lowest BCUT2D eigenvalue weighted by molar-refractivity contribution is 0.0923. The second-order valence-corrected chi connectivity index (χ2v) is 8.55. The first-order valence-electron chi connectivity index (χ1n) is 8.59. The average molecular weight is 377 g/mol. The fraction of sp³-hybridized carbons (Fsp3) is 0.444. The van der Waals surface area contributed by atoms with E-state index in [-0.39, 0.29) is 16.8 Å². The number of aromatic nitrogens is 1. The van der Waals surface area contributed by atoms with Crippen LogP contribution in [0.1, 0.15) is 40.2 Å². The van der Waals surface area contributed by atoms with Gasteiger partial charge in [0.2, 0.25) is 10.0 Å². The summed E-state index contributed by atoms with van der Waals surface area (Å²) in [5, 5.41) is 6.74. The van der Waals surface area contributed by atoms with E-state index in [0.717, 1.165) is 5.56 Å². The molecule has 3 rings (SSSR count). The molecule has 1 aliphatic heterocycles. The van der Waals surface area contributed by atoms with Gasteiger partial charge in [0.1, 0.15) is 10.6 Å². The molecule has 1 aromatic carbocycles. The van der Waals surface area contributed by atoms with Gasteiger partial charge < -0.3 is 9.84 Å². The van der Waals surface area contributed by atoms with Gasteiger partial charge in [0.25, 0.3) is 5.91 Å². The highest BCUT2D eigenvalue weighted by Gasteiger charge is 2.34. The maximum Gasteiger partial charge on any atom is 0.251 e. The Morgan fingerprint density at radius 3 is 2.50 bits per heavy atom. The van der Waals surface area contributed by atoms with Crippen LogP contribution in [0.15, 0.2) is 33.7 Å². The van der Waals surface area contributed by atoms with Crippen LogP contribution in [0.5, 0.6) is 0 Å². The number of hydrogen-bond acceptors (Lipinski definition) is 5. The lowest BCUT2D eigenvalue weighted by Gasteiger charge is -2.31. The van der Waals surface area contributed by atoms with E-state index in [1.165, 1.54) is 4.31 Å². The number of benzene rings is 1. The van der Waals surface area contributed by atoms with Gasteiger partial charge in [0, 0.05) is 24.7 Å². The van der Waals surface area contributed by atoms with E-state index < -0.39 is 10.0 Å². The Hall–Kier alpha value is -2.19. The molecule has 0 spiro atoms. The average Bonchev–Trinajstić information content (AvgIpc) is 2.94. The molecular weight excluding hydrogens is 354 g/mol. The van der Waals surface area contributed by atoms with E-state index in [1.807, 2.05) is 25.1 Å². The van der Waals surface area contributed by atoms with E-state index in [0.29, 0.717) is 42.9 Å². The maximum atomic E-state index is 12.8. The van der Waals surface area contributed by atoms with Gasteiger partial charge in [-0.25, -0.2) is 8.42 Å². The third kappa shape index (κ3) is 3.66. The molecule has 1 N–H and O–H groups in total. The van der Waals surface area contributed by atoms with Crippen LogP contribution in [0.3, 0.4) is 0 Å². The van der Waals surface area contributed by atoms with Crippen LogP contribution in [0.2, 0.25) is 0 Å². The van der Waals surface area contributed by atoms with Crippen molar-refractivity contribution in [1.82, 2.24) is 14.8 Å². The fourth-order valence-corrected chi connectivity index (χ4v) is 5.03. The first-order chi connectivity index (χ1) is 12.3. The summed E-state index contributed by atoms with van der Waals surface area (Å²) in [7, 11) is -3.63. The SMILES string of the molecule is Cc1cccc(C(=O)NC2CCN(S(=O)(=O)c3c(C)noc3C)CC2)c1. The minimum atomic E-state index is -3.63. The topological polar surface area (TPSA) is 92.5 Å². The van der Waals surface area contributed by atoms with E-state index in [1.54, 1.807) is 19.9 Å². The summed E-state index contributed by atoms with van der Waals surface area (Å²) in [4.78, 5) is 12.5. The summed E-state index contributed by atoms with van der Waals surface area (Å²) >= 11 is 0. The van der Waals surface area contributed by atoms with Crippen molar-refractivity contribution in [3.63, 3.8) is 0 Å². The summed E-state index contributed by atoms with van der Waals surface area (Å²) in [6.07, 6.45) is 1.14. The van der Waals surface area contributed by atoms with Crippen molar-refractivity contribution in [1.29, 1.82) is 0 Å². The van der Waals surface area contributed by atoms with Gasteiger partial charge in [0.05, 0.1) is 0 Å². The monoisotopic (exact) mass is 377 g/mol. The Kier molecular flexibility index (Phi) is 5.15. The molecular formula is C18H23N3O4S. The normalized spacial score (nSPS) is 16.6. The number of carbonyl (C=O) groups is 1. The third-order valence-electron chi connectivity index (χ3n) is 4.64. The van der Waals surface area contributed by atoms with Crippen molar-refractivity contribution in [3.05, 3.63) is 46.8 Å². The molecule has 0 saturated carbocycles. The maximum absolute atomic E-state index is 12.8. The zero-order chi connectivity index (χ0) is 18.9. The number of amides is 1. The van der Waals surface area contributed by atoms with Crippen molar-refractivity contribution < 1.29 is 17.7 Å². The molecule has 1 saturated heterocycles. The second kappa shape index (κ2) is 7.20. The van der Waals surface area contributed by atoms with Crippen LogP contribution in [0, 0.1) is 20.8 Å². The van der Waals surface area contributed by atoms with Gasteiger partial charge >= 0.3 is 0 Å². The number of hydrogen-bond donors (Lipinski definition) is 1. The van der Waals surface area contributed by atoms with E-state index in [4.69, 9.17) is 4.52 Å². The molecule has 1 aromatic heterocycles. The molecule has 1 fully saturated rings. The predicted octanol–water partition coefficient (Wildman–Crippen LogP) is 2.18. The highest BCUT2D eigenvalue weighted by Crippen LogP contribution is 2.26. The molecule has 0 radical (unpaired) electrons. The van der Waals surface area contributed by atoms with Crippen LogP contribution in [-0.4, -0.2) is 42.9 Å². The quantitative estimate of drug-likeness (QED) is 0.882. The van der Waals surface area contributed by atoms with Crippen molar-refractivity contribution in [2.24, 2.45) is 0 Å². The summed E-state index contributed by atoms with van der Waals surface area (Å²) in [5.74, 6) is 0.179. The molecule has 2 heterocycles.